The summed E-state index contributed by atoms with van der Waals surface area (Å²) in [6.45, 7) is 0.800. The van der Waals surface area contributed by atoms with Crippen molar-refractivity contribution in [3.63, 3.8) is 0 Å². The maximum atomic E-state index is 13.3. The smallest absolute Gasteiger partial charge is 0.261 e. The number of ether oxygens (including phenoxy) is 2. The van der Waals surface area contributed by atoms with Crippen molar-refractivity contribution in [2.45, 2.75) is 12.6 Å². The highest BCUT2D eigenvalue weighted by Crippen LogP contribution is 2.21. The third-order valence-electron chi connectivity index (χ3n) is 5.49. The van der Waals surface area contributed by atoms with Gasteiger partial charge in [-0.25, -0.2) is 14.4 Å². The number of rotatable bonds is 7. The number of nitrogen functional groups attached to an aromatic ring is 1. The highest BCUT2D eigenvalue weighted by atomic mass is 19.1. The number of aromatic nitrogens is 2. The Hall–Kier alpha value is -3.79. The zero-order chi connectivity index (χ0) is 23.4. The maximum Gasteiger partial charge on any atom is 0.261 e. The maximum absolute atomic E-state index is 13.3. The van der Waals surface area contributed by atoms with E-state index in [0.29, 0.717) is 31.0 Å². The Morgan fingerprint density at radius 2 is 2.06 bits per heavy atom. The van der Waals surface area contributed by atoms with E-state index in [0.717, 1.165) is 10.9 Å². The van der Waals surface area contributed by atoms with E-state index in [1.54, 1.807) is 11.0 Å². The lowest BCUT2D eigenvalue weighted by molar-refractivity contribution is -0.155. The van der Waals surface area contributed by atoms with Crippen molar-refractivity contribution >= 4 is 28.5 Å². The van der Waals surface area contributed by atoms with Crippen LogP contribution in [0.5, 0.6) is 5.75 Å². The number of anilines is 1. The average molecular weight is 453 g/mol. The number of carbonyl (C=O) groups excluding carboxylic acids is 2. The van der Waals surface area contributed by atoms with E-state index in [1.807, 2.05) is 18.2 Å². The van der Waals surface area contributed by atoms with Gasteiger partial charge >= 0.3 is 0 Å². The molecule has 2 heterocycles. The number of carbonyl (C=O) groups is 2. The molecule has 0 spiro atoms. The van der Waals surface area contributed by atoms with E-state index >= 15 is 0 Å². The van der Waals surface area contributed by atoms with Gasteiger partial charge in [-0.1, -0.05) is 12.1 Å². The first-order chi connectivity index (χ1) is 16.0. The zero-order valence-corrected chi connectivity index (χ0v) is 18.1. The molecule has 2 aromatic carbocycles. The molecule has 1 aliphatic heterocycles. The number of hydrogen-bond acceptors (Lipinski definition) is 7. The van der Waals surface area contributed by atoms with Crippen LogP contribution in [0.3, 0.4) is 0 Å². The Morgan fingerprint density at radius 3 is 2.85 bits per heavy atom. The average Bonchev–Trinajstić information content (AvgIpc) is 2.80. The van der Waals surface area contributed by atoms with E-state index < -0.39 is 11.9 Å². The quantitative estimate of drug-likeness (QED) is 0.579. The number of fused-ring (bicyclic) bond motifs is 1. The predicted octanol–water partition coefficient (Wildman–Crippen LogP) is 1.62. The molecule has 4 rings (SSSR count). The van der Waals surface area contributed by atoms with E-state index in [4.69, 9.17) is 15.2 Å². The monoisotopic (exact) mass is 453 g/mol. The van der Waals surface area contributed by atoms with E-state index in [-0.39, 0.29) is 30.8 Å². The number of hydrogen-bond donors (Lipinski definition) is 1. The first-order valence-corrected chi connectivity index (χ1v) is 10.4. The van der Waals surface area contributed by atoms with E-state index in [2.05, 4.69) is 9.97 Å². The van der Waals surface area contributed by atoms with Crippen molar-refractivity contribution in [2.24, 2.45) is 0 Å². The first kappa shape index (κ1) is 22.4. The third kappa shape index (κ3) is 5.01. The van der Waals surface area contributed by atoms with Gasteiger partial charge in [0.2, 0.25) is 5.91 Å². The topological polar surface area (TPSA) is 111 Å². The summed E-state index contributed by atoms with van der Waals surface area (Å²) in [7, 11) is 1.48. The van der Waals surface area contributed by atoms with Crippen LogP contribution in [-0.2, 0) is 20.9 Å². The number of nitrogens with zero attached hydrogens (tertiary/aromatic N) is 4. The minimum atomic E-state index is -0.772. The molecule has 9 nitrogen and oxygen atoms in total. The number of methoxy groups -OCH3 is 1. The molecule has 0 radical (unpaired) electrons. The number of benzene rings is 2. The normalized spacial score (nSPS) is 16.3. The number of halogens is 1. The third-order valence-corrected chi connectivity index (χ3v) is 5.49. The second kappa shape index (κ2) is 9.78. The number of nitrogens with two attached hydrogens (primary N) is 1. The lowest BCUT2D eigenvalue weighted by Crippen LogP contribution is -2.60. The summed E-state index contributed by atoms with van der Waals surface area (Å²) in [6, 6.07) is 10.4. The SMILES string of the molecule is COCC1C(=O)N(Cc2ccc3c(N)ncnc3c2)CCN1C(=O)COc1cccc(F)c1. The molecule has 0 aliphatic carbocycles. The summed E-state index contributed by atoms with van der Waals surface area (Å²) >= 11 is 0. The van der Waals surface area contributed by atoms with Gasteiger partial charge in [0.15, 0.2) is 6.61 Å². The molecule has 1 unspecified atom stereocenters. The molecule has 1 fully saturated rings. The number of piperazine rings is 1. The Balaban J connectivity index is 1.44. The summed E-state index contributed by atoms with van der Waals surface area (Å²) in [4.78, 5) is 37.3. The predicted molar refractivity (Wildman–Crippen MR) is 119 cm³/mol. The molecule has 3 aromatic rings. The molecule has 0 bridgehead atoms. The zero-order valence-electron chi connectivity index (χ0n) is 18.1. The van der Waals surface area contributed by atoms with Crippen molar-refractivity contribution in [2.75, 3.05) is 39.1 Å². The van der Waals surface area contributed by atoms with Crippen molar-refractivity contribution in [3.8, 4) is 5.75 Å². The second-order valence-corrected chi connectivity index (χ2v) is 7.67. The molecule has 1 atom stereocenters. The fraction of sp³-hybridized carbons (Fsp3) is 0.304. The van der Waals surface area contributed by atoms with Gasteiger partial charge < -0.3 is 25.0 Å². The lowest BCUT2D eigenvalue weighted by atomic mass is 10.1. The van der Waals surface area contributed by atoms with Gasteiger partial charge in [-0.15, -0.1) is 0 Å². The molecule has 2 N–H and O–H groups in total. The van der Waals surface area contributed by atoms with Crippen molar-refractivity contribution < 1.29 is 23.5 Å². The molecular formula is C23H24FN5O4. The molecule has 172 valence electrons. The van der Waals surface area contributed by atoms with Gasteiger partial charge in [0.05, 0.1) is 12.1 Å². The van der Waals surface area contributed by atoms with Crippen LogP contribution in [0.2, 0.25) is 0 Å². The minimum Gasteiger partial charge on any atom is -0.484 e. The molecule has 33 heavy (non-hydrogen) atoms. The number of amides is 2. The van der Waals surface area contributed by atoms with Crippen LogP contribution < -0.4 is 10.5 Å². The van der Waals surface area contributed by atoms with Crippen LogP contribution in [0.25, 0.3) is 10.9 Å². The van der Waals surface area contributed by atoms with Crippen LogP contribution in [0.4, 0.5) is 10.2 Å². The van der Waals surface area contributed by atoms with E-state index in [1.165, 1.54) is 36.5 Å². The highest BCUT2D eigenvalue weighted by molar-refractivity contribution is 5.90. The molecule has 2 amide bonds. The van der Waals surface area contributed by atoms with Crippen LogP contribution >= 0.6 is 0 Å². The Kier molecular flexibility index (Phi) is 6.64. The summed E-state index contributed by atoms with van der Waals surface area (Å²) in [5.74, 6) is -0.395. The molecule has 1 saturated heterocycles. The Bertz CT molecular complexity index is 1170. The van der Waals surface area contributed by atoms with Gasteiger partial charge in [-0.2, -0.15) is 0 Å². The van der Waals surface area contributed by atoms with E-state index in [9.17, 15) is 14.0 Å². The van der Waals surface area contributed by atoms with Crippen LogP contribution in [0.15, 0.2) is 48.8 Å². The van der Waals surface area contributed by atoms with Gasteiger partial charge in [0, 0.05) is 38.2 Å². The van der Waals surface area contributed by atoms with Crippen LogP contribution in [0, 0.1) is 5.82 Å². The van der Waals surface area contributed by atoms with Crippen molar-refractivity contribution in [1.82, 2.24) is 19.8 Å². The molecule has 1 aromatic heterocycles. The molecule has 10 heteroatoms. The summed E-state index contributed by atoms with van der Waals surface area (Å²) in [6.07, 6.45) is 1.40. The molecule has 1 aliphatic rings. The Labute approximate surface area is 189 Å². The fourth-order valence-corrected chi connectivity index (χ4v) is 3.84. The highest BCUT2D eigenvalue weighted by Gasteiger charge is 2.37. The van der Waals surface area contributed by atoms with Gasteiger partial charge in [0.25, 0.3) is 5.91 Å². The fourth-order valence-electron chi connectivity index (χ4n) is 3.84. The van der Waals surface area contributed by atoms with Crippen molar-refractivity contribution in [3.05, 3.63) is 60.2 Å². The van der Waals surface area contributed by atoms with Gasteiger partial charge in [0.1, 0.15) is 29.8 Å². The second-order valence-electron chi connectivity index (χ2n) is 7.67. The summed E-state index contributed by atoms with van der Waals surface area (Å²) in [5, 5.41) is 0.749. The van der Waals surface area contributed by atoms with Crippen molar-refractivity contribution in [1.29, 1.82) is 0 Å². The lowest BCUT2D eigenvalue weighted by Gasteiger charge is -2.40. The van der Waals surface area contributed by atoms with Crippen LogP contribution in [0.1, 0.15) is 5.56 Å². The van der Waals surface area contributed by atoms with Gasteiger partial charge in [-0.05, 0) is 29.8 Å². The van der Waals surface area contributed by atoms with Gasteiger partial charge in [-0.3, -0.25) is 9.59 Å². The molecule has 0 saturated carbocycles. The summed E-state index contributed by atoms with van der Waals surface area (Å²) in [5.41, 5.74) is 7.47. The minimum absolute atomic E-state index is 0.0581. The van der Waals surface area contributed by atoms with Crippen LogP contribution in [-0.4, -0.2) is 71.0 Å². The Morgan fingerprint density at radius 1 is 1.21 bits per heavy atom. The first-order valence-electron chi connectivity index (χ1n) is 10.4. The standard InChI is InChI=1S/C23H24FN5O4/c1-32-12-20-23(31)28(11-15-5-6-18-19(9-15)26-14-27-22(18)25)7-8-29(20)21(30)13-33-17-4-2-3-16(24)10-17/h2-6,9-10,14,20H,7-8,11-13H2,1H3,(H2,25,26,27). The molecular weight excluding hydrogens is 429 g/mol. The summed E-state index contributed by atoms with van der Waals surface area (Å²) < 4.78 is 24.0. The largest absolute Gasteiger partial charge is 0.484 e.